The van der Waals surface area contributed by atoms with Crippen LogP contribution in [-0.4, -0.2) is 21.1 Å². The summed E-state index contributed by atoms with van der Waals surface area (Å²) in [6, 6.07) is 15.9. The molecule has 0 amide bonds. The Kier molecular flexibility index (Phi) is 6.10. The fourth-order valence-corrected chi connectivity index (χ4v) is 3.21. The topological polar surface area (TPSA) is 55.4 Å². The molecule has 1 atom stereocenters. The first-order valence-electron chi connectivity index (χ1n) is 7.34. The molecule has 0 heterocycles. The molecule has 0 saturated heterocycles. The number of aryl methyl sites for hydroxylation is 1. The third-order valence-electron chi connectivity index (χ3n) is 3.33. The number of rotatable bonds is 8. The summed E-state index contributed by atoms with van der Waals surface area (Å²) in [5.74, 6) is 0. The van der Waals surface area contributed by atoms with Gasteiger partial charge in [-0.1, -0.05) is 54.1 Å². The van der Waals surface area contributed by atoms with Crippen molar-refractivity contribution in [2.75, 3.05) is 6.61 Å². The summed E-state index contributed by atoms with van der Waals surface area (Å²) < 4.78 is 32.8. The minimum Gasteiger partial charge on any atom is -0.375 e. The van der Waals surface area contributed by atoms with Crippen LogP contribution in [-0.2, 0) is 21.4 Å². The Bertz CT molecular complexity index is 725. The molecule has 0 radical (unpaired) electrons. The Balaban J connectivity index is 1.93. The zero-order valence-electron chi connectivity index (χ0n) is 13.1. The number of sulfonamides is 1. The average Bonchev–Trinajstić information content (AvgIpc) is 2.55. The lowest BCUT2D eigenvalue weighted by atomic mass is 10.2. The van der Waals surface area contributed by atoms with Crippen LogP contribution in [0.25, 0.3) is 0 Å². The van der Waals surface area contributed by atoms with Crippen molar-refractivity contribution in [1.82, 2.24) is 4.72 Å². The van der Waals surface area contributed by atoms with Crippen molar-refractivity contribution in [3.63, 3.8) is 0 Å². The highest BCUT2D eigenvalue weighted by Crippen LogP contribution is 2.11. The van der Waals surface area contributed by atoms with Crippen LogP contribution >= 0.6 is 0 Å². The second-order valence-corrected chi connectivity index (χ2v) is 6.99. The Hall–Kier alpha value is -1.95. The van der Waals surface area contributed by atoms with E-state index in [2.05, 4.69) is 11.3 Å². The molecule has 122 valence electrons. The number of ether oxygens (including phenoxy) is 1. The number of hydrogen-bond donors (Lipinski definition) is 1. The number of nitrogens with one attached hydrogen (secondary N) is 1. The normalized spacial score (nSPS) is 12.7. The van der Waals surface area contributed by atoms with E-state index in [4.69, 9.17) is 4.74 Å². The molecule has 4 nitrogen and oxygen atoms in total. The lowest BCUT2D eigenvalue weighted by molar-refractivity contribution is 0.113. The third-order valence-corrected chi connectivity index (χ3v) is 4.84. The number of benzene rings is 2. The van der Waals surface area contributed by atoms with E-state index in [1.165, 1.54) is 6.08 Å². The van der Waals surface area contributed by atoms with E-state index in [1.807, 2.05) is 37.3 Å². The van der Waals surface area contributed by atoms with Gasteiger partial charge in [0.25, 0.3) is 0 Å². The predicted molar refractivity (Wildman–Crippen MR) is 91.6 cm³/mol. The molecule has 0 bridgehead atoms. The first kappa shape index (κ1) is 17.4. The molecule has 2 rings (SSSR count). The summed E-state index contributed by atoms with van der Waals surface area (Å²) in [5.41, 5.74) is 2.05. The van der Waals surface area contributed by atoms with Crippen molar-refractivity contribution in [2.24, 2.45) is 0 Å². The van der Waals surface area contributed by atoms with Crippen LogP contribution in [0.4, 0.5) is 0 Å². The lowest BCUT2D eigenvalue weighted by Crippen LogP contribution is -2.36. The Labute approximate surface area is 137 Å². The minimum atomic E-state index is -3.58. The van der Waals surface area contributed by atoms with Crippen molar-refractivity contribution in [3.05, 3.63) is 78.4 Å². The number of hydrogen-bond acceptors (Lipinski definition) is 3. The van der Waals surface area contributed by atoms with E-state index in [1.54, 1.807) is 24.3 Å². The molecule has 0 aliphatic carbocycles. The second kappa shape index (κ2) is 8.06. The van der Waals surface area contributed by atoms with Crippen LogP contribution in [0.15, 0.2) is 72.1 Å². The van der Waals surface area contributed by atoms with Crippen LogP contribution < -0.4 is 4.72 Å². The molecular formula is C18H21NO3S. The fraction of sp³-hybridized carbons (Fsp3) is 0.222. The Morgan fingerprint density at radius 1 is 1.13 bits per heavy atom. The zero-order chi connectivity index (χ0) is 16.7. The largest absolute Gasteiger partial charge is 0.375 e. The maximum Gasteiger partial charge on any atom is 0.241 e. The molecule has 0 unspecified atom stereocenters. The summed E-state index contributed by atoms with van der Waals surface area (Å²) >= 11 is 0. The molecule has 23 heavy (non-hydrogen) atoms. The maximum atomic E-state index is 12.3. The van der Waals surface area contributed by atoms with Gasteiger partial charge in [0.05, 0.1) is 24.2 Å². The van der Waals surface area contributed by atoms with E-state index in [0.29, 0.717) is 6.61 Å². The molecule has 1 N–H and O–H groups in total. The summed E-state index contributed by atoms with van der Waals surface area (Å²) in [7, 11) is -3.58. The van der Waals surface area contributed by atoms with Crippen LogP contribution in [0.2, 0.25) is 0 Å². The molecule has 0 spiro atoms. The first-order chi connectivity index (χ1) is 11.0. The summed E-state index contributed by atoms with van der Waals surface area (Å²) in [6.07, 6.45) is 1.54. The van der Waals surface area contributed by atoms with Gasteiger partial charge in [0.1, 0.15) is 0 Å². The molecule has 2 aromatic carbocycles. The van der Waals surface area contributed by atoms with Gasteiger partial charge in [0.2, 0.25) is 10.0 Å². The lowest BCUT2D eigenvalue weighted by Gasteiger charge is -2.15. The van der Waals surface area contributed by atoms with Gasteiger partial charge in [-0.05, 0) is 24.6 Å². The van der Waals surface area contributed by atoms with Crippen molar-refractivity contribution in [3.8, 4) is 0 Å². The molecule has 0 aliphatic rings. The van der Waals surface area contributed by atoms with Gasteiger partial charge in [-0.3, -0.25) is 0 Å². The van der Waals surface area contributed by atoms with Crippen molar-refractivity contribution in [2.45, 2.75) is 24.5 Å². The maximum absolute atomic E-state index is 12.3. The van der Waals surface area contributed by atoms with E-state index in [9.17, 15) is 8.42 Å². The van der Waals surface area contributed by atoms with Crippen LogP contribution in [0.5, 0.6) is 0 Å². The smallest absolute Gasteiger partial charge is 0.241 e. The standard InChI is InChI=1S/C18H21NO3S/c1-3-17(14-22-13-16-7-5-4-6-8-16)19-23(20,21)18-11-9-15(2)10-12-18/h3-12,17,19H,1,13-14H2,2H3/t17-/m0/s1. The van der Waals surface area contributed by atoms with E-state index < -0.39 is 16.1 Å². The van der Waals surface area contributed by atoms with E-state index in [-0.39, 0.29) is 11.5 Å². The zero-order valence-corrected chi connectivity index (χ0v) is 13.9. The molecule has 0 fully saturated rings. The molecule has 0 aromatic heterocycles. The van der Waals surface area contributed by atoms with E-state index >= 15 is 0 Å². The third kappa shape index (κ3) is 5.32. The summed E-state index contributed by atoms with van der Waals surface area (Å²) in [6.45, 7) is 6.24. The van der Waals surface area contributed by atoms with Crippen LogP contribution in [0.3, 0.4) is 0 Å². The quantitative estimate of drug-likeness (QED) is 0.757. The van der Waals surface area contributed by atoms with Crippen molar-refractivity contribution >= 4 is 10.0 Å². The Morgan fingerprint density at radius 3 is 2.39 bits per heavy atom. The SMILES string of the molecule is C=C[C@@H](COCc1ccccc1)NS(=O)(=O)c1ccc(C)cc1. The first-order valence-corrected chi connectivity index (χ1v) is 8.83. The van der Waals surface area contributed by atoms with Gasteiger partial charge in [-0.2, -0.15) is 0 Å². The van der Waals surface area contributed by atoms with Gasteiger partial charge in [0.15, 0.2) is 0 Å². The van der Waals surface area contributed by atoms with Gasteiger partial charge >= 0.3 is 0 Å². The summed E-state index contributed by atoms with van der Waals surface area (Å²) in [4.78, 5) is 0.234. The van der Waals surface area contributed by atoms with Crippen molar-refractivity contribution < 1.29 is 13.2 Å². The summed E-state index contributed by atoms with van der Waals surface area (Å²) in [5, 5.41) is 0. The molecule has 0 saturated carbocycles. The van der Waals surface area contributed by atoms with Gasteiger partial charge in [-0.25, -0.2) is 13.1 Å². The monoisotopic (exact) mass is 331 g/mol. The highest BCUT2D eigenvalue weighted by atomic mass is 32.2. The average molecular weight is 331 g/mol. The second-order valence-electron chi connectivity index (χ2n) is 5.28. The Morgan fingerprint density at radius 2 is 1.78 bits per heavy atom. The van der Waals surface area contributed by atoms with Gasteiger partial charge < -0.3 is 4.74 Å². The highest BCUT2D eigenvalue weighted by molar-refractivity contribution is 7.89. The predicted octanol–water partition coefficient (Wildman–Crippen LogP) is 3.04. The molecule has 2 aromatic rings. The van der Waals surface area contributed by atoms with E-state index in [0.717, 1.165) is 11.1 Å². The van der Waals surface area contributed by atoms with Gasteiger partial charge in [-0.15, -0.1) is 6.58 Å². The molecule has 0 aliphatic heterocycles. The fourth-order valence-electron chi connectivity index (χ4n) is 2.01. The van der Waals surface area contributed by atoms with Gasteiger partial charge in [0, 0.05) is 0 Å². The van der Waals surface area contributed by atoms with Crippen LogP contribution in [0, 0.1) is 6.92 Å². The molecule has 5 heteroatoms. The van der Waals surface area contributed by atoms with Crippen molar-refractivity contribution in [1.29, 1.82) is 0 Å². The minimum absolute atomic E-state index is 0.226. The molecular weight excluding hydrogens is 310 g/mol. The highest BCUT2D eigenvalue weighted by Gasteiger charge is 2.18. The van der Waals surface area contributed by atoms with Crippen LogP contribution in [0.1, 0.15) is 11.1 Å².